The second-order valence-corrected chi connectivity index (χ2v) is 19.5. The van der Waals surface area contributed by atoms with Crippen molar-refractivity contribution < 1.29 is 9.31 Å². The second kappa shape index (κ2) is 14.8. The van der Waals surface area contributed by atoms with Gasteiger partial charge < -0.3 is 9.31 Å². The van der Waals surface area contributed by atoms with E-state index in [-0.39, 0.29) is 29.2 Å². The number of benzene rings is 6. The van der Waals surface area contributed by atoms with Gasteiger partial charge in [-0.1, -0.05) is 157 Å². The molecule has 0 spiro atoms. The van der Waals surface area contributed by atoms with Crippen LogP contribution in [0.5, 0.6) is 0 Å². The molecule has 0 N–H and O–H groups in total. The minimum Gasteiger partial charge on any atom is -0.399 e. The van der Waals surface area contributed by atoms with Crippen LogP contribution in [0, 0.1) is 3.57 Å². The Morgan fingerprint density at radius 3 is 1.43 bits per heavy atom. The Balaban J connectivity index is 0.000000139. The van der Waals surface area contributed by atoms with E-state index in [1.165, 1.54) is 59.2 Å². The van der Waals surface area contributed by atoms with Gasteiger partial charge >= 0.3 is 7.12 Å². The van der Waals surface area contributed by atoms with Crippen molar-refractivity contribution in [3.63, 3.8) is 0 Å². The molecule has 6 aromatic rings. The van der Waals surface area contributed by atoms with Crippen LogP contribution in [0.3, 0.4) is 0 Å². The molecule has 1 aliphatic heterocycles. The zero-order valence-electron chi connectivity index (χ0n) is 32.2. The van der Waals surface area contributed by atoms with Crippen LogP contribution in [0.15, 0.2) is 142 Å². The Kier molecular flexibility index (Phi) is 10.8. The van der Waals surface area contributed by atoms with Crippen molar-refractivity contribution in [1.29, 1.82) is 0 Å². The zero-order valence-corrected chi connectivity index (χ0v) is 37.6. The van der Waals surface area contributed by atoms with Crippen LogP contribution in [0.25, 0.3) is 33.4 Å². The first-order valence-electron chi connectivity index (χ1n) is 18.5. The fourth-order valence-corrected chi connectivity index (χ4v) is 9.63. The largest absolute Gasteiger partial charge is 0.494 e. The lowest BCUT2D eigenvalue weighted by Crippen LogP contribution is -2.41. The van der Waals surface area contributed by atoms with Crippen molar-refractivity contribution in [3.05, 3.63) is 168 Å². The van der Waals surface area contributed by atoms with Crippen molar-refractivity contribution in [2.45, 2.75) is 77.4 Å². The van der Waals surface area contributed by atoms with Gasteiger partial charge in [0.25, 0.3) is 0 Å². The highest BCUT2D eigenvalue weighted by molar-refractivity contribution is 14.1. The molecule has 2 nitrogen and oxygen atoms in total. The summed E-state index contributed by atoms with van der Waals surface area (Å²) in [5.41, 5.74) is 14.1. The summed E-state index contributed by atoms with van der Waals surface area (Å²) in [4.78, 5) is 0. The summed E-state index contributed by atoms with van der Waals surface area (Å²) in [5.74, 6) is 0. The van der Waals surface area contributed by atoms with Gasteiger partial charge in [-0.05, 0) is 148 Å². The van der Waals surface area contributed by atoms with Gasteiger partial charge in [-0.2, -0.15) is 0 Å². The van der Waals surface area contributed by atoms with Crippen LogP contribution >= 0.6 is 54.5 Å². The lowest BCUT2D eigenvalue weighted by Gasteiger charge is -2.32. The Morgan fingerprint density at radius 2 is 0.907 bits per heavy atom. The molecule has 0 saturated carbocycles. The van der Waals surface area contributed by atoms with Crippen LogP contribution in [0.1, 0.15) is 77.6 Å². The molecule has 1 heterocycles. The van der Waals surface area contributed by atoms with E-state index in [9.17, 15) is 0 Å². The lowest BCUT2D eigenvalue weighted by molar-refractivity contribution is 0.00578. The van der Waals surface area contributed by atoms with Gasteiger partial charge in [-0.15, -0.1) is 0 Å². The van der Waals surface area contributed by atoms with Gasteiger partial charge in [0.15, 0.2) is 0 Å². The Bertz CT molecular complexity index is 2330. The van der Waals surface area contributed by atoms with Gasteiger partial charge in [0, 0.05) is 23.3 Å². The number of fused-ring (bicyclic) bond motifs is 6. The predicted molar refractivity (Wildman–Crippen MR) is 244 cm³/mol. The van der Waals surface area contributed by atoms with Gasteiger partial charge in [0.05, 0.1) is 11.2 Å². The Hall–Kier alpha value is -3.01. The monoisotopic (exact) mass is 950 g/mol. The second-order valence-electron chi connectivity index (χ2n) is 16.4. The standard InChI is InChI=1S/C21H25BO2.C21H17Br.C6H4BrI/c1-19(2)17-10-8-7-9-15(17)16-12-11-14(13-18(16)19)22-23-20(3,4)21(5,6)24-22;1-21(2)19-9-4-3-8-17(19)18-11-10-15(13-20(18)21)14-6-5-7-16(22)12-14;7-5-2-1-3-6(8)4-5/h7-13H,1-6H3;3-13H,1-2H3;1-4H. The van der Waals surface area contributed by atoms with E-state index in [1.807, 2.05) is 12.1 Å². The van der Waals surface area contributed by atoms with E-state index in [1.54, 1.807) is 0 Å². The maximum Gasteiger partial charge on any atom is 0.494 e. The summed E-state index contributed by atoms with van der Waals surface area (Å²) in [7, 11) is -0.306. The molecule has 0 amide bonds. The number of rotatable bonds is 2. The molecule has 6 heteroatoms. The van der Waals surface area contributed by atoms with Crippen LogP contribution in [-0.4, -0.2) is 18.3 Å². The molecule has 2 aliphatic carbocycles. The molecule has 1 fully saturated rings. The molecule has 274 valence electrons. The third-order valence-electron chi connectivity index (χ3n) is 11.7. The van der Waals surface area contributed by atoms with Crippen molar-refractivity contribution in [2.24, 2.45) is 0 Å². The average Bonchev–Trinajstić information content (AvgIpc) is 3.61. The van der Waals surface area contributed by atoms with Crippen LogP contribution in [0.4, 0.5) is 0 Å². The van der Waals surface area contributed by atoms with Crippen LogP contribution < -0.4 is 5.46 Å². The molecule has 0 atom stereocenters. The van der Waals surface area contributed by atoms with E-state index in [0.29, 0.717) is 0 Å². The normalized spacial score (nSPS) is 17.2. The maximum atomic E-state index is 6.23. The van der Waals surface area contributed by atoms with E-state index in [0.717, 1.165) is 14.4 Å². The van der Waals surface area contributed by atoms with Crippen LogP contribution in [0.2, 0.25) is 0 Å². The van der Waals surface area contributed by atoms with Crippen LogP contribution in [-0.2, 0) is 20.1 Å². The van der Waals surface area contributed by atoms with E-state index >= 15 is 0 Å². The summed E-state index contributed by atoms with van der Waals surface area (Å²) in [6.07, 6.45) is 0. The first kappa shape index (κ1) is 39.2. The molecule has 9 rings (SSSR count). The lowest BCUT2D eigenvalue weighted by atomic mass is 9.74. The van der Waals surface area contributed by atoms with Crippen molar-refractivity contribution in [3.8, 4) is 33.4 Å². The van der Waals surface area contributed by atoms with E-state index in [2.05, 4.69) is 231 Å². The SMILES string of the molecule is Brc1cccc(I)c1.CC1(C)c2ccccc2-c2ccc(-c3cccc(Br)c3)cc21.CC1(C)c2ccccc2-c2ccc(B3OC(C)(C)C(C)(C)O3)cc21. The van der Waals surface area contributed by atoms with Crippen molar-refractivity contribution >= 4 is 67.0 Å². The van der Waals surface area contributed by atoms with Gasteiger partial charge in [0.1, 0.15) is 0 Å². The molecule has 6 aromatic carbocycles. The topological polar surface area (TPSA) is 18.5 Å². The summed E-state index contributed by atoms with van der Waals surface area (Å²) < 4.78 is 16.0. The quantitative estimate of drug-likeness (QED) is 0.127. The smallest absolute Gasteiger partial charge is 0.399 e. The van der Waals surface area contributed by atoms with E-state index in [4.69, 9.17) is 9.31 Å². The first-order valence-corrected chi connectivity index (χ1v) is 21.2. The Labute approximate surface area is 352 Å². The zero-order chi connectivity index (χ0) is 38.6. The fraction of sp³-hybridized carbons (Fsp3) is 0.250. The van der Waals surface area contributed by atoms with Crippen molar-refractivity contribution in [2.75, 3.05) is 0 Å². The maximum absolute atomic E-state index is 6.23. The third kappa shape index (κ3) is 7.34. The van der Waals surface area contributed by atoms with Gasteiger partial charge in [-0.25, -0.2) is 0 Å². The van der Waals surface area contributed by atoms with Gasteiger partial charge in [-0.3, -0.25) is 0 Å². The third-order valence-corrected chi connectivity index (χ3v) is 13.3. The minimum absolute atomic E-state index is 0.00553. The highest BCUT2D eigenvalue weighted by atomic mass is 127. The minimum atomic E-state index is -0.310. The molecular formula is C48H46BBr2IO2. The van der Waals surface area contributed by atoms with E-state index < -0.39 is 0 Å². The highest BCUT2D eigenvalue weighted by Crippen LogP contribution is 2.50. The summed E-state index contributed by atoms with van der Waals surface area (Å²) >= 11 is 9.20. The summed E-state index contributed by atoms with van der Waals surface area (Å²) in [5, 5.41) is 0. The number of halogens is 3. The molecule has 54 heavy (non-hydrogen) atoms. The number of hydrogen-bond donors (Lipinski definition) is 0. The molecular weight excluding hydrogens is 906 g/mol. The summed E-state index contributed by atoms with van der Waals surface area (Å²) in [6.45, 7) is 17.6. The fourth-order valence-electron chi connectivity index (χ4n) is 7.86. The molecule has 0 bridgehead atoms. The molecule has 3 aliphatic rings. The predicted octanol–water partition coefficient (Wildman–Crippen LogP) is 13.8. The molecule has 1 saturated heterocycles. The average molecular weight is 952 g/mol. The Morgan fingerprint density at radius 1 is 0.444 bits per heavy atom. The molecule has 0 aromatic heterocycles. The highest BCUT2D eigenvalue weighted by Gasteiger charge is 2.52. The van der Waals surface area contributed by atoms with Gasteiger partial charge in [0.2, 0.25) is 0 Å². The van der Waals surface area contributed by atoms with Crippen molar-refractivity contribution in [1.82, 2.24) is 0 Å². The number of hydrogen-bond acceptors (Lipinski definition) is 2. The molecule has 0 radical (unpaired) electrons. The molecule has 0 unspecified atom stereocenters. The summed E-state index contributed by atoms with van der Waals surface area (Å²) in [6, 6.07) is 47.7. The first-order chi connectivity index (χ1) is 25.5.